The van der Waals surface area contributed by atoms with Crippen molar-refractivity contribution in [3.8, 4) is 5.75 Å². The fraction of sp³-hybridized carbons (Fsp3) is 0.333. The lowest BCUT2D eigenvalue weighted by Crippen LogP contribution is -2.32. The lowest BCUT2D eigenvalue weighted by Gasteiger charge is -2.28. The van der Waals surface area contributed by atoms with Crippen molar-refractivity contribution < 1.29 is 4.74 Å². The molecule has 3 nitrogen and oxygen atoms in total. The van der Waals surface area contributed by atoms with Gasteiger partial charge in [-0.25, -0.2) is 0 Å². The van der Waals surface area contributed by atoms with Crippen molar-refractivity contribution in [3.05, 3.63) is 59.2 Å². The number of hydrogen-bond donors (Lipinski definition) is 1. The summed E-state index contributed by atoms with van der Waals surface area (Å²) in [5, 5.41) is 0. The molecular formula is C18H22N2O. The maximum absolute atomic E-state index is 5.97. The van der Waals surface area contributed by atoms with Crippen LogP contribution in [0.2, 0.25) is 0 Å². The number of anilines is 1. The van der Waals surface area contributed by atoms with Crippen molar-refractivity contribution in [1.29, 1.82) is 0 Å². The molecule has 2 aromatic rings. The lowest BCUT2D eigenvalue weighted by molar-refractivity contribution is 0.257. The van der Waals surface area contributed by atoms with Crippen molar-refractivity contribution in [1.82, 2.24) is 4.90 Å². The molecule has 0 saturated heterocycles. The Morgan fingerprint density at radius 2 is 1.95 bits per heavy atom. The molecule has 21 heavy (non-hydrogen) atoms. The smallest absolute Gasteiger partial charge is 0.141 e. The summed E-state index contributed by atoms with van der Waals surface area (Å²) < 4.78 is 5.20. The maximum atomic E-state index is 5.97. The van der Waals surface area contributed by atoms with Crippen LogP contribution in [-0.4, -0.2) is 25.1 Å². The highest BCUT2D eigenvalue weighted by atomic mass is 16.5. The zero-order valence-corrected chi connectivity index (χ0v) is 12.5. The van der Waals surface area contributed by atoms with Gasteiger partial charge in [0.05, 0.1) is 12.8 Å². The second-order valence-electron chi connectivity index (χ2n) is 5.62. The third-order valence-electron chi connectivity index (χ3n) is 4.22. The topological polar surface area (TPSA) is 38.5 Å². The monoisotopic (exact) mass is 282 g/mol. The number of nitrogens with zero attached hydrogens (tertiary/aromatic N) is 1. The van der Waals surface area contributed by atoms with E-state index in [4.69, 9.17) is 10.5 Å². The van der Waals surface area contributed by atoms with E-state index < -0.39 is 0 Å². The number of methoxy groups -OCH3 is 1. The standard InChI is InChI=1S/C18H22N2O/c1-21-18-7-6-14(12-17(18)19)8-10-20-11-9-15-4-2-3-5-16(15)13-20/h2-7,12H,8-11,13,19H2,1H3. The summed E-state index contributed by atoms with van der Waals surface area (Å²) in [5.74, 6) is 0.755. The Bertz CT molecular complexity index is 624. The van der Waals surface area contributed by atoms with Crippen LogP contribution in [0, 0.1) is 0 Å². The van der Waals surface area contributed by atoms with Gasteiger partial charge in [-0.15, -0.1) is 0 Å². The van der Waals surface area contributed by atoms with Crippen LogP contribution in [0.3, 0.4) is 0 Å². The van der Waals surface area contributed by atoms with Gasteiger partial charge in [0.2, 0.25) is 0 Å². The van der Waals surface area contributed by atoms with Crippen LogP contribution in [0.1, 0.15) is 16.7 Å². The molecule has 1 heterocycles. The van der Waals surface area contributed by atoms with E-state index in [0.29, 0.717) is 0 Å². The predicted octanol–water partition coefficient (Wildman–Crippen LogP) is 2.88. The second-order valence-corrected chi connectivity index (χ2v) is 5.62. The molecule has 0 atom stereocenters. The fourth-order valence-corrected chi connectivity index (χ4v) is 2.97. The molecule has 2 N–H and O–H groups in total. The second kappa shape index (κ2) is 6.19. The summed E-state index contributed by atoms with van der Waals surface area (Å²) in [7, 11) is 1.65. The van der Waals surface area contributed by atoms with Gasteiger partial charge in [0, 0.05) is 19.6 Å². The largest absolute Gasteiger partial charge is 0.495 e. The Kier molecular flexibility index (Phi) is 4.11. The summed E-state index contributed by atoms with van der Waals surface area (Å²) in [4.78, 5) is 2.52. The fourth-order valence-electron chi connectivity index (χ4n) is 2.97. The molecule has 1 aliphatic heterocycles. The van der Waals surface area contributed by atoms with Crippen LogP contribution in [0.4, 0.5) is 5.69 Å². The first-order valence-electron chi connectivity index (χ1n) is 7.48. The quantitative estimate of drug-likeness (QED) is 0.876. The molecule has 0 spiro atoms. The average Bonchev–Trinajstić information content (AvgIpc) is 2.53. The van der Waals surface area contributed by atoms with Crippen molar-refractivity contribution in [2.75, 3.05) is 25.9 Å². The zero-order valence-electron chi connectivity index (χ0n) is 12.5. The van der Waals surface area contributed by atoms with Crippen LogP contribution in [0.5, 0.6) is 5.75 Å². The molecule has 110 valence electrons. The van der Waals surface area contributed by atoms with E-state index >= 15 is 0 Å². The molecule has 0 unspecified atom stereocenters. The average molecular weight is 282 g/mol. The number of benzene rings is 2. The molecule has 0 aromatic heterocycles. The SMILES string of the molecule is COc1ccc(CCN2CCc3ccccc3C2)cc1N. The van der Waals surface area contributed by atoms with Gasteiger partial charge < -0.3 is 10.5 Å². The van der Waals surface area contributed by atoms with E-state index in [1.165, 1.54) is 16.7 Å². The number of nitrogens with two attached hydrogens (primary N) is 1. The van der Waals surface area contributed by atoms with E-state index in [1.807, 2.05) is 12.1 Å². The predicted molar refractivity (Wildman–Crippen MR) is 86.5 cm³/mol. The Morgan fingerprint density at radius 1 is 1.14 bits per heavy atom. The Morgan fingerprint density at radius 3 is 2.71 bits per heavy atom. The van der Waals surface area contributed by atoms with Crippen molar-refractivity contribution in [3.63, 3.8) is 0 Å². The van der Waals surface area contributed by atoms with Crippen molar-refractivity contribution in [2.24, 2.45) is 0 Å². The van der Waals surface area contributed by atoms with Gasteiger partial charge in [0.15, 0.2) is 0 Å². The van der Waals surface area contributed by atoms with Crippen LogP contribution >= 0.6 is 0 Å². The van der Waals surface area contributed by atoms with Gasteiger partial charge in [0.1, 0.15) is 5.75 Å². The van der Waals surface area contributed by atoms with Gasteiger partial charge in [-0.05, 0) is 41.7 Å². The molecule has 0 bridgehead atoms. The van der Waals surface area contributed by atoms with E-state index in [9.17, 15) is 0 Å². The minimum Gasteiger partial charge on any atom is -0.495 e. The van der Waals surface area contributed by atoms with E-state index in [1.54, 1.807) is 7.11 Å². The summed E-state index contributed by atoms with van der Waals surface area (Å²) in [6.07, 6.45) is 2.18. The number of ether oxygens (including phenoxy) is 1. The summed E-state index contributed by atoms with van der Waals surface area (Å²) in [6.45, 7) is 3.27. The summed E-state index contributed by atoms with van der Waals surface area (Å²) in [5.41, 5.74) is 10.9. The zero-order chi connectivity index (χ0) is 14.7. The highest BCUT2D eigenvalue weighted by Crippen LogP contribution is 2.23. The number of rotatable bonds is 4. The Balaban J connectivity index is 1.60. The molecule has 3 rings (SSSR count). The first-order chi connectivity index (χ1) is 10.3. The molecular weight excluding hydrogens is 260 g/mol. The van der Waals surface area contributed by atoms with E-state index in [-0.39, 0.29) is 0 Å². The van der Waals surface area contributed by atoms with Crippen LogP contribution in [0.25, 0.3) is 0 Å². The lowest BCUT2D eigenvalue weighted by atomic mass is 9.99. The molecule has 3 heteroatoms. The van der Waals surface area contributed by atoms with Gasteiger partial charge >= 0.3 is 0 Å². The summed E-state index contributed by atoms with van der Waals surface area (Å²) >= 11 is 0. The maximum Gasteiger partial charge on any atom is 0.141 e. The number of nitrogen functional groups attached to an aromatic ring is 1. The molecule has 0 fully saturated rings. The third-order valence-corrected chi connectivity index (χ3v) is 4.22. The van der Waals surface area contributed by atoms with E-state index in [0.717, 1.165) is 43.9 Å². The third kappa shape index (κ3) is 3.19. The van der Waals surface area contributed by atoms with Crippen LogP contribution in [-0.2, 0) is 19.4 Å². The molecule has 1 aliphatic rings. The molecule has 2 aromatic carbocycles. The van der Waals surface area contributed by atoms with Gasteiger partial charge in [-0.3, -0.25) is 4.90 Å². The molecule has 0 aliphatic carbocycles. The molecule has 0 saturated carbocycles. The minimum absolute atomic E-state index is 0.721. The van der Waals surface area contributed by atoms with E-state index in [2.05, 4.69) is 35.2 Å². The van der Waals surface area contributed by atoms with Crippen molar-refractivity contribution in [2.45, 2.75) is 19.4 Å². The Hall–Kier alpha value is -2.00. The van der Waals surface area contributed by atoms with Gasteiger partial charge in [-0.2, -0.15) is 0 Å². The highest BCUT2D eigenvalue weighted by molar-refractivity contribution is 5.54. The number of hydrogen-bond acceptors (Lipinski definition) is 3. The Labute approximate surface area is 126 Å². The molecule has 0 amide bonds. The highest BCUT2D eigenvalue weighted by Gasteiger charge is 2.15. The normalized spacial score (nSPS) is 14.7. The van der Waals surface area contributed by atoms with Gasteiger partial charge in [0.25, 0.3) is 0 Å². The van der Waals surface area contributed by atoms with Crippen LogP contribution < -0.4 is 10.5 Å². The molecule has 0 radical (unpaired) electrons. The van der Waals surface area contributed by atoms with Crippen LogP contribution in [0.15, 0.2) is 42.5 Å². The minimum atomic E-state index is 0.721. The van der Waals surface area contributed by atoms with Gasteiger partial charge in [-0.1, -0.05) is 30.3 Å². The summed E-state index contributed by atoms with van der Waals surface area (Å²) in [6, 6.07) is 14.8. The number of fused-ring (bicyclic) bond motifs is 1. The first kappa shape index (κ1) is 14.0. The first-order valence-corrected chi connectivity index (χ1v) is 7.48. The van der Waals surface area contributed by atoms with Crippen molar-refractivity contribution >= 4 is 5.69 Å².